The van der Waals surface area contributed by atoms with Crippen molar-refractivity contribution < 1.29 is 9.84 Å². The van der Waals surface area contributed by atoms with Crippen LogP contribution in [0.15, 0.2) is 42.5 Å². The lowest BCUT2D eigenvalue weighted by molar-refractivity contribution is 0.181. The van der Waals surface area contributed by atoms with Crippen LogP contribution in [0.5, 0.6) is 11.5 Å². The number of ether oxygens (including phenoxy) is 1. The molecule has 0 fully saturated rings. The minimum atomic E-state index is -0.481. The summed E-state index contributed by atoms with van der Waals surface area (Å²) < 4.78 is 5.84. The van der Waals surface area contributed by atoms with Gasteiger partial charge >= 0.3 is 0 Å². The van der Waals surface area contributed by atoms with Gasteiger partial charge in [-0.05, 0) is 66.8 Å². The van der Waals surface area contributed by atoms with Gasteiger partial charge in [0.05, 0.1) is 6.61 Å². The third-order valence-corrected chi connectivity index (χ3v) is 4.23. The van der Waals surface area contributed by atoms with Crippen LogP contribution >= 0.6 is 24.0 Å². The first-order valence-corrected chi connectivity index (χ1v) is 7.41. The molecule has 0 saturated heterocycles. The molecule has 0 saturated carbocycles. The van der Waals surface area contributed by atoms with Crippen LogP contribution in [-0.2, 0) is 12.8 Å². The summed E-state index contributed by atoms with van der Waals surface area (Å²) in [7, 11) is 0. The Balaban J connectivity index is 0.00000176. The zero-order valence-electron chi connectivity index (χ0n) is 12.1. The van der Waals surface area contributed by atoms with E-state index in [1.165, 1.54) is 11.1 Å². The monoisotopic (exact) mass is 339 g/mol. The van der Waals surface area contributed by atoms with Crippen molar-refractivity contribution in [1.82, 2.24) is 0 Å². The summed E-state index contributed by atoms with van der Waals surface area (Å²) in [5, 5.41) is 10.1. The SMILES string of the molecule is Cl.NC1(CO)CCc2cc(Oc3ccc(Cl)cc3)ccc2C1. The Morgan fingerprint density at radius 1 is 1.09 bits per heavy atom. The molecule has 0 radical (unpaired) electrons. The van der Waals surface area contributed by atoms with Gasteiger partial charge in [-0.1, -0.05) is 17.7 Å². The topological polar surface area (TPSA) is 55.5 Å². The molecule has 1 aliphatic carbocycles. The van der Waals surface area contributed by atoms with Crippen LogP contribution in [0.2, 0.25) is 5.02 Å². The van der Waals surface area contributed by atoms with E-state index in [4.69, 9.17) is 22.1 Å². The number of hydrogen-bond acceptors (Lipinski definition) is 3. The van der Waals surface area contributed by atoms with E-state index in [9.17, 15) is 5.11 Å². The number of nitrogens with two attached hydrogens (primary N) is 1. The van der Waals surface area contributed by atoms with Crippen molar-refractivity contribution in [3.63, 3.8) is 0 Å². The highest BCUT2D eigenvalue weighted by Gasteiger charge is 2.29. The lowest BCUT2D eigenvalue weighted by atomic mass is 9.79. The molecule has 1 atom stereocenters. The zero-order chi connectivity index (χ0) is 14.9. The number of aryl methyl sites for hydroxylation is 1. The van der Waals surface area contributed by atoms with Crippen LogP contribution in [0.1, 0.15) is 17.5 Å². The van der Waals surface area contributed by atoms with E-state index in [0.717, 1.165) is 24.3 Å². The zero-order valence-corrected chi connectivity index (χ0v) is 13.7. The smallest absolute Gasteiger partial charge is 0.127 e. The second kappa shape index (κ2) is 6.88. The molecular formula is C17H19Cl2NO2. The second-order valence-electron chi connectivity index (χ2n) is 5.68. The number of aliphatic hydroxyl groups is 1. The summed E-state index contributed by atoms with van der Waals surface area (Å²) in [6.07, 6.45) is 2.37. The van der Waals surface area contributed by atoms with Crippen LogP contribution in [0.3, 0.4) is 0 Å². The summed E-state index contributed by atoms with van der Waals surface area (Å²) >= 11 is 5.86. The van der Waals surface area contributed by atoms with Gasteiger partial charge in [-0.2, -0.15) is 0 Å². The molecule has 0 aromatic heterocycles. The van der Waals surface area contributed by atoms with Gasteiger partial charge in [0, 0.05) is 10.6 Å². The maximum atomic E-state index is 9.39. The van der Waals surface area contributed by atoms with Crippen molar-refractivity contribution in [3.8, 4) is 11.5 Å². The molecule has 2 aromatic carbocycles. The van der Waals surface area contributed by atoms with Crippen LogP contribution < -0.4 is 10.5 Å². The summed E-state index contributed by atoms with van der Waals surface area (Å²) in [6.45, 7) is 0.0233. The fourth-order valence-electron chi connectivity index (χ4n) is 2.70. The van der Waals surface area contributed by atoms with Crippen molar-refractivity contribution in [3.05, 3.63) is 58.6 Å². The van der Waals surface area contributed by atoms with Crippen molar-refractivity contribution in [1.29, 1.82) is 0 Å². The predicted octanol–water partition coefficient (Wildman–Crippen LogP) is 3.73. The number of fused-ring (bicyclic) bond motifs is 1. The first kappa shape index (κ1) is 17.1. The Labute approximate surface area is 141 Å². The van der Waals surface area contributed by atoms with Crippen molar-refractivity contribution >= 4 is 24.0 Å². The van der Waals surface area contributed by atoms with Gasteiger partial charge in [-0.3, -0.25) is 0 Å². The summed E-state index contributed by atoms with van der Waals surface area (Å²) in [5.74, 6) is 1.57. The van der Waals surface area contributed by atoms with Gasteiger partial charge in [-0.25, -0.2) is 0 Å². The number of aliphatic hydroxyl groups excluding tert-OH is 1. The number of hydrogen-bond donors (Lipinski definition) is 2. The third-order valence-electron chi connectivity index (χ3n) is 3.98. The van der Waals surface area contributed by atoms with Gasteiger partial charge in [0.2, 0.25) is 0 Å². The van der Waals surface area contributed by atoms with E-state index < -0.39 is 5.54 Å². The third kappa shape index (κ3) is 3.73. The average Bonchev–Trinajstić information content (AvgIpc) is 2.50. The molecule has 3 N–H and O–H groups in total. The first-order valence-electron chi connectivity index (χ1n) is 7.03. The van der Waals surface area contributed by atoms with Gasteiger partial charge in [0.1, 0.15) is 11.5 Å². The maximum absolute atomic E-state index is 9.39. The van der Waals surface area contributed by atoms with E-state index in [2.05, 4.69) is 6.07 Å². The molecule has 1 unspecified atom stereocenters. The minimum absolute atomic E-state index is 0. The Morgan fingerprint density at radius 2 is 1.77 bits per heavy atom. The fourth-order valence-corrected chi connectivity index (χ4v) is 2.82. The highest BCUT2D eigenvalue weighted by molar-refractivity contribution is 6.30. The molecule has 0 bridgehead atoms. The van der Waals surface area contributed by atoms with Crippen LogP contribution in [0, 0.1) is 0 Å². The second-order valence-corrected chi connectivity index (χ2v) is 6.12. The van der Waals surface area contributed by atoms with Gasteiger partial charge in [-0.15, -0.1) is 12.4 Å². The Hall–Kier alpha value is -1.26. The number of rotatable bonds is 3. The molecular weight excluding hydrogens is 321 g/mol. The van der Waals surface area contributed by atoms with Gasteiger partial charge in [0.25, 0.3) is 0 Å². The van der Waals surface area contributed by atoms with E-state index in [-0.39, 0.29) is 19.0 Å². The molecule has 3 rings (SSSR count). The minimum Gasteiger partial charge on any atom is -0.457 e. The largest absolute Gasteiger partial charge is 0.457 e. The normalized spacial score (nSPS) is 20.0. The first-order chi connectivity index (χ1) is 10.1. The highest BCUT2D eigenvalue weighted by atomic mass is 35.5. The highest BCUT2D eigenvalue weighted by Crippen LogP contribution is 2.31. The molecule has 0 aliphatic heterocycles. The summed E-state index contributed by atoms with van der Waals surface area (Å²) in [5.41, 5.74) is 8.12. The quantitative estimate of drug-likeness (QED) is 0.895. The van der Waals surface area contributed by atoms with Gasteiger partial charge < -0.3 is 15.6 Å². The molecule has 3 nitrogen and oxygen atoms in total. The maximum Gasteiger partial charge on any atom is 0.127 e. The molecule has 0 spiro atoms. The molecule has 22 heavy (non-hydrogen) atoms. The van der Waals surface area contributed by atoms with Crippen molar-refractivity contribution in [2.45, 2.75) is 24.8 Å². The van der Waals surface area contributed by atoms with Gasteiger partial charge in [0.15, 0.2) is 0 Å². The van der Waals surface area contributed by atoms with Crippen LogP contribution in [-0.4, -0.2) is 17.3 Å². The molecule has 0 heterocycles. The molecule has 2 aromatic rings. The Morgan fingerprint density at radius 3 is 2.45 bits per heavy atom. The average molecular weight is 340 g/mol. The molecule has 118 valence electrons. The van der Waals surface area contributed by atoms with E-state index >= 15 is 0 Å². The summed E-state index contributed by atoms with van der Waals surface area (Å²) in [6, 6.07) is 13.3. The fraction of sp³-hybridized carbons (Fsp3) is 0.294. The lowest BCUT2D eigenvalue weighted by Gasteiger charge is -2.33. The van der Waals surface area contributed by atoms with E-state index in [1.807, 2.05) is 24.3 Å². The number of halogens is 2. The summed E-state index contributed by atoms with van der Waals surface area (Å²) in [4.78, 5) is 0. The molecule has 1 aliphatic rings. The van der Waals surface area contributed by atoms with Crippen molar-refractivity contribution in [2.75, 3.05) is 6.61 Å². The van der Waals surface area contributed by atoms with E-state index in [0.29, 0.717) is 11.4 Å². The Kier molecular flexibility index (Phi) is 5.35. The Bertz CT molecular complexity index is 646. The standard InChI is InChI=1S/C17H18ClNO2.ClH/c18-14-2-5-15(6-3-14)21-16-4-1-13-10-17(19,11-20)8-7-12(13)9-16;/h1-6,9,20H,7-8,10-11,19H2;1H. The lowest BCUT2D eigenvalue weighted by Crippen LogP contribution is -2.48. The van der Waals surface area contributed by atoms with Crippen LogP contribution in [0.25, 0.3) is 0 Å². The number of benzene rings is 2. The molecule has 5 heteroatoms. The van der Waals surface area contributed by atoms with Crippen LogP contribution in [0.4, 0.5) is 0 Å². The predicted molar refractivity (Wildman–Crippen MR) is 91.2 cm³/mol. The molecule has 0 amide bonds. The van der Waals surface area contributed by atoms with Crippen molar-refractivity contribution in [2.24, 2.45) is 5.73 Å². The van der Waals surface area contributed by atoms with E-state index in [1.54, 1.807) is 12.1 Å².